The molecule has 0 saturated heterocycles. The van der Waals surface area contributed by atoms with E-state index in [4.69, 9.17) is 10.00 Å². The van der Waals surface area contributed by atoms with Gasteiger partial charge in [0, 0.05) is 6.20 Å². The maximum Gasteiger partial charge on any atom is 0.237 e. The van der Waals surface area contributed by atoms with Gasteiger partial charge < -0.3 is 4.74 Å². The van der Waals surface area contributed by atoms with E-state index in [2.05, 4.69) is 27.6 Å². The molecule has 0 aliphatic rings. The van der Waals surface area contributed by atoms with Crippen LogP contribution in [0.1, 0.15) is 5.56 Å². The molecule has 0 aliphatic carbocycles. The maximum absolute atomic E-state index is 8.89. The van der Waals surface area contributed by atoms with Crippen LogP contribution < -0.4 is 4.74 Å². The Morgan fingerprint density at radius 2 is 2.00 bits per heavy atom. The lowest BCUT2D eigenvalue weighted by Gasteiger charge is -2.06. The molecule has 16 heavy (non-hydrogen) atoms. The van der Waals surface area contributed by atoms with Gasteiger partial charge in [0.05, 0.1) is 3.57 Å². The van der Waals surface area contributed by atoms with Gasteiger partial charge in [-0.05, 0) is 46.9 Å². The number of benzene rings is 1. The van der Waals surface area contributed by atoms with Crippen molar-refractivity contribution < 1.29 is 4.74 Å². The monoisotopic (exact) mass is 322 g/mol. The number of nitrogens with zero attached hydrogens (tertiary/aromatic N) is 2. The van der Waals surface area contributed by atoms with Crippen LogP contribution in [0.2, 0.25) is 0 Å². The fraction of sp³-hybridized carbons (Fsp3) is 0. The number of halogens is 1. The molecule has 0 radical (unpaired) electrons. The molecular formula is C12H7IN2O. The van der Waals surface area contributed by atoms with Crippen molar-refractivity contribution in [2.24, 2.45) is 0 Å². The summed E-state index contributed by atoms with van der Waals surface area (Å²) in [7, 11) is 0. The number of pyridine rings is 1. The molecule has 1 aromatic heterocycles. The third kappa shape index (κ3) is 2.31. The number of aromatic nitrogens is 1. The number of nitriles is 1. The summed E-state index contributed by atoms with van der Waals surface area (Å²) in [6, 6.07) is 13.0. The molecule has 0 amide bonds. The quantitative estimate of drug-likeness (QED) is 0.797. The predicted octanol–water partition coefficient (Wildman–Crippen LogP) is 3.35. The number of rotatable bonds is 2. The van der Waals surface area contributed by atoms with E-state index in [1.54, 1.807) is 18.3 Å². The summed E-state index contributed by atoms with van der Waals surface area (Å²) >= 11 is 2.18. The molecular weight excluding hydrogens is 315 g/mol. The topological polar surface area (TPSA) is 45.9 Å². The summed E-state index contributed by atoms with van der Waals surface area (Å²) in [5.74, 6) is 1.05. The average Bonchev–Trinajstić information content (AvgIpc) is 2.33. The Balaban J connectivity index is 2.35. The van der Waals surface area contributed by atoms with E-state index in [1.165, 1.54) is 0 Å². The molecule has 0 atom stereocenters. The third-order valence-corrected chi connectivity index (χ3v) is 2.83. The minimum absolute atomic E-state index is 0.342. The lowest BCUT2D eigenvalue weighted by Crippen LogP contribution is -1.92. The first-order valence-electron chi connectivity index (χ1n) is 4.59. The van der Waals surface area contributed by atoms with Gasteiger partial charge >= 0.3 is 0 Å². The maximum atomic E-state index is 8.89. The molecule has 4 heteroatoms. The Hall–Kier alpha value is -1.61. The van der Waals surface area contributed by atoms with Gasteiger partial charge in [0.1, 0.15) is 17.4 Å². The molecule has 78 valence electrons. The molecule has 1 aromatic carbocycles. The first-order valence-corrected chi connectivity index (χ1v) is 5.66. The summed E-state index contributed by atoms with van der Waals surface area (Å²) in [4.78, 5) is 4.04. The fourth-order valence-corrected chi connectivity index (χ4v) is 1.69. The lowest BCUT2D eigenvalue weighted by atomic mass is 10.3. The third-order valence-electron chi connectivity index (χ3n) is 1.93. The zero-order valence-electron chi connectivity index (χ0n) is 8.22. The molecule has 1 heterocycles. The molecule has 0 saturated carbocycles. The van der Waals surface area contributed by atoms with Crippen molar-refractivity contribution in [3.63, 3.8) is 0 Å². The van der Waals surface area contributed by atoms with Crippen LogP contribution in [-0.4, -0.2) is 4.98 Å². The normalized spacial score (nSPS) is 9.50. The predicted molar refractivity (Wildman–Crippen MR) is 68.2 cm³/mol. The summed E-state index contributed by atoms with van der Waals surface area (Å²) < 4.78 is 6.57. The summed E-state index contributed by atoms with van der Waals surface area (Å²) in [6.45, 7) is 0. The van der Waals surface area contributed by atoms with Gasteiger partial charge in [0.2, 0.25) is 5.88 Å². The molecule has 0 bridgehead atoms. The molecule has 0 spiro atoms. The number of para-hydroxylation sites is 1. The van der Waals surface area contributed by atoms with Crippen LogP contribution in [0.25, 0.3) is 0 Å². The lowest BCUT2D eigenvalue weighted by molar-refractivity contribution is 0.458. The SMILES string of the molecule is N#Cc1cccnc1Oc1ccccc1I. The molecule has 3 nitrogen and oxygen atoms in total. The fourth-order valence-electron chi connectivity index (χ4n) is 1.19. The Kier molecular flexibility index (Phi) is 3.37. The van der Waals surface area contributed by atoms with Gasteiger partial charge in [0.15, 0.2) is 0 Å². The Morgan fingerprint density at radius 1 is 1.19 bits per heavy atom. The van der Waals surface area contributed by atoms with Crippen molar-refractivity contribution in [2.75, 3.05) is 0 Å². The van der Waals surface area contributed by atoms with Crippen LogP contribution in [0.15, 0.2) is 42.6 Å². The highest BCUT2D eigenvalue weighted by Gasteiger charge is 2.06. The first kappa shape index (κ1) is 10.9. The number of hydrogen-bond acceptors (Lipinski definition) is 3. The van der Waals surface area contributed by atoms with Gasteiger partial charge in [-0.1, -0.05) is 12.1 Å². The van der Waals surface area contributed by atoms with Gasteiger partial charge in [-0.15, -0.1) is 0 Å². The van der Waals surface area contributed by atoms with Crippen LogP contribution in [0.5, 0.6) is 11.6 Å². The van der Waals surface area contributed by atoms with Gasteiger partial charge in [0.25, 0.3) is 0 Å². The van der Waals surface area contributed by atoms with Crippen molar-refractivity contribution in [3.05, 3.63) is 51.7 Å². The summed E-state index contributed by atoms with van der Waals surface area (Å²) in [5.41, 5.74) is 0.433. The Labute approximate surface area is 107 Å². The van der Waals surface area contributed by atoms with Crippen molar-refractivity contribution in [1.82, 2.24) is 4.98 Å². The number of ether oxygens (including phenoxy) is 1. The highest BCUT2D eigenvalue weighted by molar-refractivity contribution is 14.1. The largest absolute Gasteiger partial charge is 0.437 e. The second kappa shape index (κ2) is 4.94. The van der Waals surface area contributed by atoms with Crippen LogP contribution in [0.4, 0.5) is 0 Å². The summed E-state index contributed by atoms with van der Waals surface area (Å²) in [5, 5.41) is 8.89. The molecule has 2 rings (SSSR count). The first-order chi connectivity index (χ1) is 7.81. The standard InChI is InChI=1S/C12H7IN2O/c13-10-5-1-2-6-11(10)16-12-9(8-14)4-3-7-15-12/h1-7H. The van der Waals surface area contributed by atoms with E-state index < -0.39 is 0 Å². The minimum Gasteiger partial charge on any atom is -0.437 e. The second-order valence-electron chi connectivity index (χ2n) is 3.00. The van der Waals surface area contributed by atoms with Crippen molar-refractivity contribution in [1.29, 1.82) is 5.26 Å². The van der Waals surface area contributed by atoms with E-state index in [0.717, 1.165) is 3.57 Å². The molecule has 2 aromatic rings. The average molecular weight is 322 g/mol. The smallest absolute Gasteiger partial charge is 0.237 e. The van der Waals surface area contributed by atoms with Gasteiger partial charge in [-0.2, -0.15) is 5.26 Å². The summed E-state index contributed by atoms with van der Waals surface area (Å²) in [6.07, 6.45) is 1.60. The minimum atomic E-state index is 0.342. The molecule has 0 fully saturated rings. The van der Waals surface area contributed by atoms with E-state index in [9.17, 15) is 0 Å². The Bertz CT molecular complexity index is 549. The van der Waals surface area contributed by atoms with E-state index in [0.29, 0.717) is 17.2 Å². The molecule has 0 unspecified atom stereocenters. The highest BCUT2D eigenvalue weighted by Crippen LogP contribution is 2.26. The van der Waals surface area contributed by atoms with E-state index >= 15 is 0 Å². The molecule has 0 aliphatic heterocycles. The van der Waals surface area contributed by atoms with E-state index in [1.807, 2.05) is 30.3 Å². The van der Waals surface area contributed by atoms with Crippen molar-refractivity contribution >= 4 is 22.6 Å². The zero-order chi connectivity index (χ0) is 11.4. The van der Waals surface area contributed by atoms with Gasteiger partial charge in [-0.3, -0.25) is 0 Å². The van der Waals surface area contributed by atoms with Crippen LogP contribution in [-0.2, 0) is 0 Å². The van der Waals surface area contributed by atoms with Crippen molar-refractivity contribution in [3.8, 4) is 17.7 Å². The molecule has 0 N–H and O–H groups in total. The number of hydrogen-bond donors (Lipinski definition) is 0. The second-order valence-corrected chi connectivity index (χ2v) is 4.16. The van der Waals surface area contributed by atoms with Crippen LogP contribution >= 0.6 is 22.6 Å². The van der Waals surface area contributed by atoms with Crippen LogP contribution in [0, 0.1) is 14.9 Å². The Morgan fingerprint density at radius 3 is 2.75 bits per heavy atom. The van der Waals surface area contributed by atoms with Crippen LogP contribution in [0.3, 0.4) is 0 Å². The zero-order valence-corrected chi connectivity index (χ0v) is 10.4. The van der Waals surface area contributed by atoms with Crippen molar-refractivity contribution in [2.45, 2.75) is 0 Å². The highest BCUT2D eigenvalue weighted by atomic mass is 127. The van der Waals surface area contributed by atoms with Gasteiger partial charge in [-0.25, -0.2) is 4.98 Å². The van der Waals surface area contributed by atoms with E-state index in [-0.39, 0.29) is 0 Å².